The standard InChI is InChI=1S/C44H82Si8/c1-37(2,3)47(38(4,5)6)45(35-31-27-25-28-32-35)49(41(13,14)15,42(16,17)18)52-46(36-33-29-26-30-34-36,48(52,39(7,8)9)40(10,11)12)50(43(19,20)21,44(22,23)24)51(45,47)52/h25-34H,1-24H3/t45-,46-,51-,52-/m0/s1. The Bertz CT molecular complexity index is 1590. The highest BCUT2D eigenvalue weighted by Gasteiger charge is 3.36. The van der Waals surface area contributed by atoms with Crippen molar-refractivity contribution in [2.75, 3.05) is 0 Å². The van der Waals surface area contributed by atoms with Crippen molar-refractivity contribution in [2.45, 2.75) is 206 Å². The first-order chi connectivity index (χ1) is 23.0. The van der Waals surface area contributed by atoms with Crippen molar-refractivity contribution in [2.24, 2.45) is 0 Å². The molecule has 4 aliphatic rings. The van der Waals surface area contributed by atoms with Gasteiger partial charge in [-0.15, -0.1) is 0 Å². The van der Waals surface area contributed by atoms with Crippen molar-refractivity contribution in [3.05, 3.63) is 60.7 Å². The van der Waals surface area contributed by atoms with E-state index >= 15 is 0 Å². The van der Waals surface area contributed by atoms with E-state index in [0.717, 1.165) is 0 Å². The fourth-order valence-corrected chi connectivity index (χ4v) is 928. The van der Waals surface area contributed by atoms with Crippen molar-refractivity contribution in [1.29, 1.82) is 0 Å². The lowest BCUT2D eigenvalue weighted by Gasteiger charge is -2.86. The zero-order chi connectivity index (χ0) is 40.2. The average Bonchev–Trinajstić information content (AvgIpc) is 3.68. The molecule has 0 nitrogen and oxygen atoms in total. The van der Waals surface area contributed by atoms with Crippen LogP contribution in [0.25, 0.3) is 0 Å². The molecule has 4 aliphatic heterocycles. The molecule has 290 valence electrons. The predicted molar refractivity (Wildman–Crippen MR) is 256 cm³/mol. The molecule has 6 rings (SSSR count). The first-order valence-electron chi connectivity index (χ1n) is 21.1. The molecule has 0 radical (unpaired) electrons. The van der Waals surface area contributed by atoms with Crippen LogP contribution in [-0.4, -0.2) is 54.0 Å². The normalized spacial score (nSPS) is 33.2. The van der Waals surface area contributed by atoms with Gasteiger partial charge in [-0.3, -0.25) is 0 Å². The summed E-state index contributed by atoms with van der Waals surface area (Å²) in [4.78, 5) is 0. The lowest BCUT2D eigenvalue weighted by molar-refractivity contribution is 0.641. The third-order valence-electron chi connectivity index (χ3n) is 17.5. The molecule has 0 unspecified atom stereocenters. The molecule has 2 spiro atoms. The largest absolute Gasteiger partial charge is 0.0683 e. The Labute approximate surface area is 329 Å². The van der Waals surface area contributed by atoms with Gasteiger partial charge in [0.25, 0.3) is 0 Å². The van der Waals surface area contributed by atoms with Crippen LogP contribution in [0.5, 0.6) is 0 Å². The first-order valence-corrected chi connectivity index (χ1v) is 48.1. The second-order valence-corrected chi connectivity index (χ2v) is 134. The summed E-state index contributed by atoms with van der Waals surface area (Å²) >= 11 is 0. The van der Waals surface area contributed by atoms with Crippen LogP contribution in [0.3, 0.4) is 0 Å². The molecular formula is C44H82Si8. The van der Waals surface area contributed by atoms with Crippen LogP contribution in [0.2, 0.25) is 40.3 Å². The van der Waals surface area contributed by atoms with Crippen LogP contribution >= 0.6 is 0 Å². The van der Waals surface area contributed by atoms with E-state index in [9.17, 15) is 0 Å². The van der Waals surface area contributed by atoms with E-state index < -0.39 is 54.0 Å². The molecule has 0 saturated carbocycles. The monoisotopic (exact) mass is 834 g/mol. The third kappa shape index (κ3) is 3.19. The smallest absolute Gasteiger partial charge is 0.0587 e. The highest BCUT2D eigenvalue weighted by Crippen LogP contribution is 3.07. The van der Waals surface area contributed by atoms with Crippen molar-refractivity contribution >= 4 is 64.3 Å². The van der Waals surface area contributed by atoms with Gasteiger partial charge in [0.2, 0.25) is 0 Å². The zero-order valence-electron chi connectivity index (χ0n) is 38.8. The van der Waals surface area contributed by atoms with Crippen LogP contribution in [0.1, 0.15) is 166 Å². The van der Waals surface area contributed by atoms with Gasteiger partial charge < -0.3 is 0 Å². The van der Waals surface area contributed by atoms with Crippen LogP contribution in [-0.2, 0) is 0 Å². The Morgan fingerprint density at radius 3 is 0.538 bits per heavy atom. The molecule has 2 aromatic carbocycles. The quantitative estimate of drug-likeness (QED) is 0.264. The molecule has 0 N–H and O–H groups in total. The molecule has 0 atom stereocenters. The Hall–Kier alpha value is 0.175. The molecule has 4 heterocycles. The summed E-state index contributed by atoms with van der Waals surface area (Å²) < 4.78 is 0. The van der Waals surface area contributed by atoms with Crippen molar-refractivity contribution in [3.8, 4) is 0 Å². The minimum Gasteiger partial charge on any atom is -0.0683 e. The van der Waals surface area contributed by atoms with Crippen LogP contribution in [0.4, 0.5) is 0 Å². The predicted octanol–water partition coefficient (Wildman–Crippen LogP) is 12.7. The van der Waals surface area contributed by atoms with Gasteiger partial charge in [-0.1, -0.05) is 237 Å². The topological polar surface area (TPSA) is 0 Å². The SMILES string of the molecule is CC(C)(C)[Si]1(C(C)(C)C)[Si@]2(c3ccccc3)[Si](C(C)(C)C)(C(C)(C)C)[Si@]23[Si](C(C)(C)C)(C(C)(C)C)[Si@]2(c4ccccc4)[Si](C(C)(C)C)(C(C)(C)C)[Si@]123. The fourth-order valence-electron chi connectivity index (χ4n) is 21.7. The van der Waals surface area contributed by atoms with Gasteiger partial charge in [0.1, 0.15) is 0 Å². The Kier molecular flexibility index (Phi) is 8.23. The fraction of sp³-hybridized carbons (Fsp3) is 0.727. The molecule has 0 amide bonds. The highest BCUT2D eigenvalue weighted by atomic mass is 31.1. The number of hydrogen-bond donors (Lipinski definition) is 0. The van der Waals surface area contributed by atoms with Gasteiger partial charge in [0.15, 0.2) is 0 Å². The van der Waals surface area contributed by atoms with Crippen LogP contribution < -0.4 is 10.4 Å². The Morgan fingerprint density at radius 2 is 0.404 bits per heavy atom. The summed E-state index contributed by atoms with van der Waals surface area (Å²) in [6.07, 6.45) is -3.95. The first kappa shape index (κ1) is 41.8. The van der Waals surface area contributed by atoms with E-state index in [-0.39, 0.29) is 0 Å². The maximum atomic E-state index is 2.92. The summed E-state index contributed by atoms with van der Waals surface area (Å²) in [7, 11) is -8.47. The van der Waals surface area contributed by atoms with Gasteiger partial charge in [0, 0.05) is 40.7 Å². The van der Waals surface area contributed by atoms with Crippen molar-refractivity contribution < 1.29 is 0 Å². The molecule has 0 bridgehead atoms. The van der Waals surface area contributed by atoms with Gasteiger partial charge in [-0.2, -0.15) is 0 Å². The number of hydrogen-bond acceptors (Lipinski definition) is 0. The maximum Gasteiger partial charge on any atom is 0.0587 e. The van der Waals surface area contributed by atoms with Crippen molar-refractivity contribution in [3.63, 3.8) is 0 Å². The summed E-state index contributed by atoms with van der Waals surface area (Å²) in [6, 6.07) is 26.3. The molecule has 0 aliphatic carbocycles. The van der Waals surface area contributed by atoms with Gasteiger partial charge in [-0.25, -0.2) is 0 Å². The molecule has 0 aromatic heterocycles. The average molecular weight is 836 g/mol. The Balaban J connectivity index is 2.19. The minimum atomic E-state index is -2.16. The zero-order valence-corrected chi connectivity index (χ0v) is 46.8. The molecule has 52 heavy (non-hydrogen) atoms. The lowest BCUT2D eigenvalue weighted by Crippen LogP contribution is -3.16. The van der Waals surface area contributed by atoms with Crippen molar-refractivity contribution in [1.82, 2.24) is 0 Å². The summed E-state index contributed by atoms with van der Waals surface area (Å²) in [5, 5.41) is 7.23. The molecule has 4 fully saturated rings. The molecule has 8 heteroatoms. The van der Waals surface area contributed by atoms with E-state index in [1.54, 1.807) is 0 Å². The van der Waals surface area contributed by atoms with E-state index in [1.165, 1.54) is 0 Å². The summed E-state index contributed by atoms with van der Waals surface area (Å²) in [5.74, 6) is 0. The van der Waals surface area contributed by atoms with Crippen LogP contribution in [0, 0.1) is 0 Å². The van der Waals surface area contributed by atoms with E-state index in [4.69, 9.17) is 0 Å². The summed E-state index contributed by atoms with van der Waals surface area (Å²) in [5.41, 5.74) is 0. The van der Waals surface area contributed by atoms with Crippen LogP contribution in [0.15, 0.2) is 60.7 Å². The van der Waals surface area contributed by atoms with E-state index in [2.05, 4.69) is 227 Å². The highest BCUT2D eigenvalue weighted by molar-refractivity contribution is 8.87. The Morgan fingerprint density at radius 1 is 0.250 bits per heavy atom. The summed E-state index contributed by atoms with van der Waals surface area (Å²) in [6.45, 7) is 65.7. The second kappa shape index (κ2) is 10.2. The van der Waals surface area contributed by atoms with Gasteiger partial charge >= 0.3 is 0 Å². The maximum absolute atomic E-state index is 2.92. The lowest BCUT2D eigenvalue weighted by atomic mass is 10.2. The van der Waals surface area contributed by atoms with E-state index in [0.29, 0.717) is 40.3 Å². The second-order valence-electron chi connectivity index (χ2n) is 26.7. The number of benzene rings is 2. The van der Waals surface area contributed by atoms with E-state index in [1.807, 2.05) is 10.4 Å². The molecule has 2 aromatic rings. The molecular weight excluding hydrogens is 753 g/mol. The minimum absolute atomic E-state index is 0.385. The number of rotatable bonds is 2. The van der Waals surface area contributed by atoms with Gasteiger partial charge in [0.05, 0.1) is 13.3 Å². The van der Waals surface area contributed by atoms with Gasteiger partial charge in [-0.05, 0) is 40.3 Å². The molecule has 4 saturated heterocycles. The third-order valence-corrected chi connectivity index (χ3v) is 346.